The van der Waals surface area contributed by atoms with Gasteiger partial charge in [0, 0.05) is 32.2 Å². The van der Waals surface area contributed by atoms with E-state index in [0.29, 0.717) is 11.2 Å². The van der Waals surface area contributed by atoms with Crippen molar-refractivity contribution in [2.75, 3.05) is 0 Å². The van der Waals surface area contributed by atoms with Gasteiger partial charge in [0.25, 0.3) is 0 Å². The summed E-state index contributed by atoms with van der Waals surface area (Å²) in [6.07, 6.45) is 0. The van der Waals surface area contributed by atoms with Gasteiger partial charge >= 0.3 is 5.69 Å². The number of rotatable bonds is 5. The highest BCUT2D eigenvalue weighted by Crippen LogP contribution is 2.29. The minimum Gasteiger partial charge on any atom is -0.310 e. The molecule has 0 saturated heterocycles. The highest BCUT2D eigenvalue weighted by molar-refractivity contribution is 7.99. The predicted molar refractivity (Wildman–Crippen MR) is 77.9 cm³/mol. The summed E-state index contributed by atoms with van der Waals surface area (Å²) in [5.41, 5.74) is 1.92. The summed E-state index contributed by atoms with van der Waals surface area (Å²) in [5, 5.41) is 15.9. The number of H-pyrrole nitrogens is 1. The lowest BCUT2D eigenvalue weighted by Gasteiger charge is -2.09. The maximum absolute atomic E-state index is 11.4. The number of aryl methyl sites for hydroxylation is 2. The first-order valence-electron chi connectivity index (χ1n) is 6.45. The minimum absolute atomic E-state index is 0.215. The zero-order chi connectivity index (χ0) is 14.9. The first-order valence-corrected chi connectivity index (χ1v) is 7.27. The Balaban J connectivity index is 2.31. The Bertz CT molecular complexity index is 653. The van der Waals surface area contributed by atoms with Gasteiger partial charge in [-0.15, -0.1) is 5.10 Å². The van der Waals surface area contributed by atoms with E-state index < -0.39 is 0 Å². The van der Waals surface area contributed by atoms with Crippen LogP contribution in [0.1, 0.15) is 25.1 Å². The second-order valence-corrected chi connectivity index (χ2v) is 5.96. The molecule has 2 heterocycles. The van der Waals surface area contributed by atoms with Crippen molar-refractivity contribution < 1.29 is 0 Å². The van der Waals surface area contributed by atoms with Crippen molar-refractivity contribution in [1.82, 2.24) is 29.9 Å². The van der Waals surface area contributed by atoms with E-state index in [1.807, 2.05) is 18.7 Å². The molecule has 2 N–H and O–H groups in total. The Morgan fingerprint density at radius 2 is 2.10 bits per heavy atom. The van der Waals surface area contributed by atoms with Gasteiger partial charge < -0.3 is 5.32 Å². The summed E-state index contributed by atoms with van der Waals surface area (Å²) in [6.45, 7) is 6.95. The molecule has 20 heavy (non-hydrogen) atoms. The summed E-state index contributed by atoms with van der Waals surface area (Å²) < 4.78 is 3.32. The van der Waals surface area contributed by atoms with Crippen molar-refractivity contribution in [2.45, 2.75) is 43.5 Å². The smallest absolute Gasteiger partial charge is 0.310 e. The number of hydrogen-bond donors (Lipinski definition) is 2. The molecule has 0 aliphatic heterocycles. The monoisotopic (exact) mass is 296 g/mol. The average Bonchev–Trinajstić information content (AvgIpc) is 2.82. The summed E-state index contributed by atoms with van der Waals surface area (Å²) in [4.78, 5) is 11.4. The Hall–Kier alpha value is -1.54. The molecule has 0 saturated carbocycles. The largest absolute Gasteiger partial charge is 0.343 e. The first-order chi connectivity index (χ1) is 9.40. The fourth-order valence-corrected chi connectivity index (χ4v) is 2.83. The summed E-state index contributed by atoms with van der Waals surface area (Å²) in [5.74, 6) is 0. The van der Waals surface area contributed by atoms with E-state index in [0.717, 1.165) is 22.8 Å². The molecule has 0 aromatic carbocycles. The summed E-state index contributed by atoms with van der Waals surface area (Å²) in [7, 11) is 3.60. The normalized spacial score (nSPS) is 11.5. The molecule has 0 aliphatic carbocycles. The van der Waals surface area contributed by atoms with E-state index in [1.54, 1.807) is 7.05 Å². The van der Waals surface area contributed by atoms with Gasteiger partial charge in [-0.2, -0.15) is 5.10 Å². The van der Waals surface area contributed by atoms with E-state index >= 15 is 0 Å². The molecule has 2 aromatic rings. The second kappa shape index (κ2) is 5.84. The highest BCUT2D eigenvalue weighted by atomic mass is 32.2. The molecule has 0 unspecified atom stereocenters. The third kappa shape index (κ3) is 2.96. The van der Waals surface area contributed by atoms with Crippen LogP contribution in [0.15, 0.2) is 15.0 Å². The van der Waals surface area contributed by atoms with Gasteiger partial charge in [-0.3, -0.25) is 9.25 Å². The molecular weight excluding hydrogens is 276 g/mol. The van der Waals surface area contributed by atoms with Gasteiger partial charge in [0.15, 0.2) is 5.16 Å². The van der Waals surface area contributed by atoms with Crippen LogP contribution in [0.4, 0.5) is 0 Å². The van der Waals surface area contributed by atoms with Crippen LogP contribution >= 0.6 is 11.8 Å². The number of aromatic nitrogens is 5. The van der Waals surface area contributed by atoms with Crippen LogP contribution in [-0.4, -0.2) is 30.6 Å². The lowest BCUT2D eigenvalue weighted by molar-refractivity contribution is 0.580. The van der Waals surface area contributed by atoms with Crippen molar-refractivity contribution in [3.8, 4) is 0 Å². The van der Waals surface area contributed by atoms with Crippen LogP contribution < -0.4 is 11.0 Å². The first kappa shape index (κ1) is 14.9. The molecule has 0 atom stereocenters. The Labute approximate surface area is 121 Å². The fourth-order valence-electron chi connectivity index (χ4n) is 1.83. The van der Waals surface area contributed by atoms with Gasteiger partial charge in [-0.25, -0.2) is 9.89 Å². The number of hydrogen-bond acceptors (Lipinski definition) is 5. The van der Waals surface area contributed by atoms with Gasteiger partial charge in [0.1, 0.15) is 5.03 Å². The van der Waals surface area contributed by atoms with E-state index in [-0.39, 0.29) is 5.69 Å². The molecule has 0 bridgehead atoms. The van der Waals surface area contributed by atoms with E-state index in [2.05, 4.69) is 34.5 Å². The minimum atomic E-state index is -0.215. The summed E-state index contributed by atoms with van der Waals surface area (Å²) >= 11 is 1.44. The predicted octanol–water partition coefficient (Wildman–Crippen LogP) is 0.800. The van der Waals surface area contributed by atoms with Gasteiger partial charge in [-0.1, -0.05) is 13.8 Å². The topological polar surface area (TPSA) is 80.5 Å². The summed E-state index contributed by atoms with van der Waals surface area (Å²) in [6, 6.07) is 0.405. The Morgan fingerprint density at radius 3 is 2.65 bits per heavy atom. The van der Waals surface area contributed by atoms with Gasteiger partial charge in [0.05, 0.1) is 5.69 Å². The maximum atomic E-state index is 11.4. The Kier molecular flexibility index (Phi) is 4.34. The molecule has 110 valence electrons. The quantitative estimate of drug-likeness (QED) is 0.853. The van der Waals surface area contributed by atoms with Crippen molar-refractivity contribution >= 4 is 11.8 Å². The lowest BCUT2D eigenvalue weighted by Crippen LogP contribution is -2.22. The van der Waals surface area contributed by atoms with Crippen LogP contribution in [0.2, 0.25) is 0 Å². The van der Waals surface area contributed by atoms with Crippen LogP contribution in [0, 0.1) is 6.92 Å². The fraction of sp³-hybridized carbons (Fsp3) is 0.583. The number of nitrogens with zero attached hydrogens (tertiary/aromatic N) is 4. The maximum Gasteiger partial charge on any atom is 0.343 e. The zero-order valence-electron chi connectivity index (χ0n) is 12.4. The standard InChI is InChI=1S/C12H20N6OS/c1-7(2)13-6-9-8(3)16-18(5)10(9)20-12-15-14-11(19)17(12)4/h7,13H,6H2,1-5H3,(H,14,19). The van der Waals surface area contributed by atoms with Crippen molar-refractivity contribution in [1.29, 1.82) is 0 Å². The molecule has 7 nitrogen and oxygen atoms in total. The average molecular weight is 296 g/mol. The van der Waals surface area contributed by atoms with Crippen LogP contribution in [0.3, 0.4) is 0 Å². The van der Waals surface area contributed by atoms with E-state index in [4.69, 9.17) is 0 Å². The van der Waals surface area contributed by atoms with Crippen molar-refractivity contribution in [2.24, 2.45) is 14.1 Å². The van der Waals surface area contributed by atoms with Gasteiger partial charge in [0.2, 0.25) is 0 Å². The number of nitrogens with one attached hydrogen (secondary N) is 2. The third-order valence-corrected chi connectivity index (χ3v) is 4.25. The van der Waals surface area contributed by atoms with Crippen LogP contribution in [0.25, 0.3) is 0 Å². The lowest BCUT2D eigenvalue weighted by atomic mass is 10.2. The zero-order valence-corrected chi connectivity index (χ0v) is 13.2. The van der Waals surface area contributed by atoms with Crippen LogP contribution in [0.5, 0.6) is 0 Å². The molecule has 2 rings (SSSR count). The SMILES string of the molecule is Cc1nn(C)c(Sc2n[nH]c(=O)n2C)c1CNC(C)C. The molecule has 2 aromatic heterocycles. The molecule has 0 amide bonds. The molecule has 0 radical (unpaired) electrons. The second-order valence-electron chi connectivity index (χ2n) is 5.00. The molecule has 0 spiro atoms. The molecule has 8 heteroatoms. The Morgan fingerprint density at radius 1 is 1.40 bits per heavy atom. The number of aromatic amines is 1. The van der Waals surface area contributed by atoms with E-state index in [9.17, 15) is 4.79 Å². The highest BCUT2D eigenvalue weighted by Gasteiger charge is 2.17. The third-order valence-electron chi connectivity index (χ3n) is 3.00. The molecule has 0 fully saturated rings. The van der Waals surface area contributed by atoms with Crippen molar-refractivity contribution in [3.05, 3.63) is 21.7 Å². The molecule has 0 aliphatic rings. The van der Waals surface area contributed by atoms with Crippen molar-refractivity contribution in [3.63, 3.8) is 0 Å². The van der Waals surface area contributed by atoms with E-state index in [1.165, 1.54) is 16.3 Å². The molecular formula is C12H20N6OS. The van der Waals surface area contributed by atoms with Gasteiger partial charge in [-0.05, 0) is 18.7 Å². The van der Waals surface area contributed by atoms with Crippen LogP contribution in [-0.2, 0) is 20.6 Å².